The van der Waals surface area contributed by atoms with E-state index in [0.29, 0.717) is 28.5 Å². The fourth-order valence-electron chi connectivity index (χ4n) is 3.69. The van der Waals surface area contributed by atoms with Gasteiger partial charge in [-0.25, -0.2) is 10.2 Å². The Hall–Kier alpha value is -5.38. The lowest BCUT2D eigenvalue weighted by atomic mass is 10.0. The van der Waals surface area contributed by atoms with Gasteiger partial charge in [-0.3, -0.25) is 9.59 Å². The fourth-order valence-corrected chi connectivity index (χ4v) is 3.69. The van der Waals surface area contributed by atoms with Crippen LogP contribution in [0.1, 0.15) is 15.9 Å². The second-order valence-electron chi connectivity index (χ2n) is 8.04. The van der Waals surface area contributed by atoms with E-state index in [-0.39, 0.29) is 11.3 Å². The largest absolute Gasteiger partial charge is 0.497 e. The maximum Gasteiger partial charge on any atom is 0.343 e. The Kier molecular flexibility index (Phi) is 8.37. The van der Waals surface area contributed by atoms with Crippen molar-refractivity contribution in [2.45, 2.75) is 0 Å². The molecule has 4 rings (SSSR count). The summed E-state index contributed by atoms with van der Waals surface area (Å²) < 4.78 is 21.2. The number of esters is 1. The Morgan fingerprint density at radius 3 is 2.18 bits per heavy atom. The molecule has 0 radical (unpaired) electrons. The van der Waals surface area contributed by atoms with E-state index < -0.39 is 17.8 Å². The zero-order valence-corrected chi connectivity index (χ0v) is 21.4. The summed E-state index contributed by atoms with van der Waals surface area (Å²) in [5.74, 6) is -0.860. The van der Waals surface area contributed by atoms with Crippen LogP contribution < -0.4 is 29.7 Å². The van der Waals surface area contributed by atoms with Gasteiger partial charge in [0.1, 0.15) is 11.5 Å². The quantitative estimate of drug-likeness (QED) is 0.116. The second-order valence-corrected chi connectivity index (χ2v) is 8.04. The standard InChI is InChI=1S/C29H25N3O7/c1-36-21-12-10-20(11-13-21)31-27(33)28(34)32-30-17-23-22-7-5-4-6-18(22)8-14-24(23)39-29(35)19-9-15-25(37-2)26(16-19)38-3/h4-17H,1-3H3,(H,31,33)(H,32,34)/b30-17-. The van der Waals surface area contributed by atoms with Crippen LogP contribution >= 0.6 is 0 Å². The second kappa shape index (κ2) is 12.2. The molecule has 0 unspecified atom stereocenters. The number of methoxy groups -OCH3 is 3. The van der Waals surface area contributed by atoms with Gasteiger partial charge in [-0.05, 0) is 59.3 Å². The first-order chi connectivity index (χ1) is 18.9. The normalized spacial score (nSPS) is 10.6. The highest BCUT2D eigenvalue weighted by molar-refractivity contribution is 6.39. The molecule has 4 aromatic rings. The molecule has 198 valence electrons. The van der Waals surface area contributed by atoms with Crippen LogP contribution in [-0.4, -0.2) is 45.3 Å². The first-order valence-electron chi connectivity index (χ1n) is 11.7. The number of nitrogens with zero attached hydrogens (tertiary/aromatic N) is 1. The van der Waals surface area contributed by atoms with E-state index >= 15 is 0 Å². The van der Waals surface area contributed by atoms with Gasteiger partial charge in [0.15, 0.2) is 11.5 Å². The van der Waals surface area contributed by atoms with Crippen molar-refractivity contribution < 1.29 is 33.3 Å². The zero-order chi connectivity index (χ0) is 27.8. The van der Waals surface area contributed by atoms with E-state index in [1.807, 2.05) is 24.3 Å². The average molecular weight is 528 g/mol. The third kappa shape index (κ3) is 6.31. The number of carbonyl (C=O) groups excluding carboxylic acids is 3. The third-order valence-electron chi connectivity index (χ3n) is 5.67. The van der Waals surface area contributed by atoms with Crippen molar-refractivity contribution in [3.63, 3.8) is 0 Å². The number of fused-ring (bicyclic) bond motifs is 1. The molecule has 0 aliphatic carbocycles. The zero-order valence-electron chi connectivity index (χ0n) is 21.4. The number of anilines is 1. The molecule has 2 amide bonds. The molecule has 0 heterocycles. The van der Waals surface area contributed by atoms with E-state index in [2.05, 4.69) is 15.8 Å². The predicted octanol–water partition coefficient (Wildman–Crippen LogP) is 4.17. The number of rotatable bonds is 8. The van der Waals surface area contributed by atoms with Gasteiger partial charge < -0.3 is 24.3 Å². The molecule has 0 saturated carbocycles. The summed E-state index contributed by atoms with van der Waals surface area (Å²) in [5, 5.41) is 7.99. The van der Waals surface area contributed by atoms with Gasteiger partial charge >= 0.3 is 17.8 Å². The number of hydrogen-bond donors (Lipinski definition) is 2. The summed E-state index contributed by atoms with van der Waals surface area (Å²) in [7, 11) is 4.49. The van der Waals surface area contributed by atoms with Crippen LogP contribution in [0.15, 0.2) is 84.0 Å². The number of hydrazone groups is 1. The molecule has 2 N–H and O–H groups in total. The molecule has 0 aliphatic heterocycles. The molecule has 0 bridgehead atoms. The fraction of sp³-hybridized carbons (Fsp3) is 0.103. The number of nitrogens with one attached hydrogen (secondary N) is 2. The molecule has 0 fully saturated rings. The predicted molar refractivity (Wildman–Crippen MR) is 146 cm³/mol. The van der Waals surface area contributed by atoms with Crippen LogP contribution in [0.5, 0.6) is 23.0 Å². The lowest BCUT2D eigenvalue weighted by Crippen LogP contribution is -2.32. The van der Waals surface area contributed by atoms with Crippen LogP contribution in [0.2, 0.25) is 0 Å². The van der Waals surface area contributed by atoms with Crippen LogP contribution in [0.3, 0.4) is 0 Å². The number of benzene rings is 4. The smallest absolute Gasteiger partial charge is 0.343 e. The summed E-state index contributed by atoms with van der Waals surface area (Å²) >= 11 is 0. The van der Waals surface area contributed by atoms with Crippen molar-refractivity contribution in [2.24, 2.45) is 5.10 Å². The van der Waals surface area contributed by atoms with E-state index in [9.17, 15) is 14.4 Å². The van der Waals surface area contributed by atoms with E-state index in [4.69, 9.17) is 18.9 Å². The Bertz CT molecular complexity index is 1550. The van der Waals surface area contributed by atoms with E-state index in [1.54, 1.807) is 48.5 Å². The van der Waals surface area contributed by atoms with Crippen molar-refractivity contribution in [3.8, 4) is 23.0 Å². The number of carbonyl (C=O) groups is 3. The number of ether oxygens (including phenoxy) is 4. The highest BCUT2D eigenvalue weighted by Gasteiger charge is 2.17. The van der Waals surface area contributed by atoms with E-state index in [0.717, 1.165) is 10.8 Å². The van der Waals surface area contributed by atoms with Crippen molar-refractivity contribution in [1.29, 1.82) is 0 Å². The third-order valence-corrected chi connectivity index (χ3v) is 5.67. The van der Waals surface area contributed by atoms with Gasteiger partial charge in [-0.2, -0.15) is 5.10 Å². The number of amides is 2. The van der Waals surface area contributed by atoms with Gasteiger partial charge in [-0.1, -0.05) is 30.3 Å². The average Bonchev–Trinajstić information content (AvgIpc) is 2.97. The van der Waals surface area contributed by atoms with Crippen molar-refractivity contribution in [1.82, 2.24) is 5.43 Å². The highest BCUT2D eigenvalue weighted by Crippen LogP contribution is 2.30. The monoisotopic (exact) mass is 527 g/mol. The summed E-state index contributed by atoms with van der Waals surface area (Å²) in [6.45, 7) is 0. The molecule has 39 heavy (non-hydrogen) atoms. The molecule has 0 spiro atoms. The van der Waals surface area contributed by atoms with Gasteiger partial charge in [-0.15, -0.1) is 0 Å². The summed E-state index contributed by atoms with van der Waals surface area (Å²) in [5.41, 5.74) is 3.29. The van der Waals surface area contributed by atoms with Gasteiger partial charge in [0, 0.05) is 11.3 Å². The molecule has 4 aromatic carbocycles. The van der Waals surface area contributed by atoms with Gasteiger partial charge in [0.25, 0.3) is 0 Å². The molecule has 0 aromatic heterocycles. The molecule has 0 atom stereocenters. The van der Waals surface area contributed by atoms with Crippen molar-refractivity contribution in [2.75, 3.05) is 26.6 Å². The summed E-state index contributed by atoms with van der Waals surface area (Å²) in [6, 6.07) is 22.0. The van der Waals surface area contributed by atoms with Crippen molar-refractivity contribution >= 4 is 40.5 Å². The van der Waals surface area contributed by atoms with Crippen molar-refractivity contribution in [3.05, 3.63) is 90.0 Å². The first-order valence-corrected chi connectivity index (χ1v) is 11.7. The van der Waals surface area contributed by atoms with Gasteiger partial charge in [0.2, 0.25) is 0 Å². The molecule has 10 nitrogen and oxygen atoms in total. The summed E-state index contributed by atoms with van der Waals surface area (Å²) in [4.78, 5) is 37.5. The lowest BCUT2D eigenvalue weighted by molar-refractivity contribution is -0.136. The van der Waals surface area contributed by atoms with Crippen LogP contribution in [0.4, 0.5) is 5.69 Å². The maximum atomic E-state index is 13.0. The molecular weight excluding hydrogens is 502 g/mol. The molecule has 10 heteroatoms. The summed E-state index contributed by atoms with van der Waals surface area (Å²) in [6.07, 6.45) is 1.32. The number of hydrogen-bond acceptors (Lipinski definition) is 8. The molecular formula is C29H25N3O7. The SMILES string of the molecule is COc1ccc(NC(=O)C(=O)N/N=C\c2c(OC(=O)c3ccc(OC)c(OC)c3)ccc3ccccc23)cc1. The lowest BCUT2D eigenvalue weighted by Gasteiger charge is -2.12. The maximum absolute atomic E-state index is 13.0. The van der Waals surface area contributed by atoms with Crippen LogP contribution in [0, 0.1) is 0 Å². The Labute approximate surface area is 224 Å². The minimum absolute atomic E-state index is 0.203. The molecule has 0 saturated heterocycles. The van der Waals surface area contributed by atoms with Crippen LogP contribution in [-0.2, 0) is 9.59 Å². The first kappa shape index (κ1) is 26.7. The van der Waals surface area contributed by atoms with E-state index in [1.165, 1.54) is 33.6 Å². The highest BCUT2D eigenvalue weighted by atomic mass is 16.5. The Balaban J connectivity index is 1.53. The molecule has 0 aliphatic rings. The van der Waals surface area contributed by atoms with Crippen LogP contribution in [0.25, 0.3) is 10.8 Å². The Morgan fingerprint density at radius 1 is 0.744 bits per heavy atom. The Morgan fingerprint density at radius 2 is 1.46 bits per heavy atom. The van der Waals surface area contributed by atoms with Gasteiger partial charge in [0.05, 0.1) is 33.1 Å². The minimum Gasteiger partial charge on any atom is -0.497 e. The minimum atomic E-state index is -0.980. The topological polar surface area (TPSA) is 125 Å².